The average molecular weight is 489 g/mol. The molecule has 0 aliphatic rings. The fourth-order valence-corrected chi connectivity index (χ4v) is 3.50. The van der Waals surface area contributed by atoms with Crippen molar-refractivity contribution in [1.82, 2.24) is 5.32 Å². The molecule has 5 nitrogen and oxygen atoms in total. The Morgan fingerprint density at radius 2 is 2.03 bits per heavy atom. The first kappa shape index (κ1) is 23.4. The first-order chi connectivity index (χ1) is 13.7. The highest BCUT2D eigenvalue weighted by Gasteiger charge is 2.21. The van der Waals surface area contributed by atoms with Gasteiger partial charge in [0.1, 0.15) is 18.5 Å². The number of carboxylic acids is 1. The number of methoxy groups -OCH3 is 1. The van der Waals surface area contributed by atoms with Crippen molar-refractivity contribution in [3.8, 4) is 11.5 Å². The smallest absolute Gasteiger partial charge is 0.320 e. The number of halogens is 3. The van der Waals surface area contributed by atoms with E-state index in [-0.39, 0.29) is 24.1 Å². The molecule has 0 aliphatic carbocycles. The molecule has 0 radical (unpaired) electrons. The summed E-state index contributed by atoms with van der Waals surface area (Å²) in [7, 11) is 1.52. The molecule has 0 fully saturated rings. The third-order valence-electron chi connectivity index (χ3n) is 4.30. The number of nitrogens with one attached hydrogen (secondary N) is 1. The third-order valence-corrected chi connectivity index (χ3v) is 5.40. The minimum Gasteiger partial charge on any atom is -0.493 e. The van der Waals surface area contributed by atoms with Crippen molar-refractivity contribution < 1.29 is 23.8 Å². The van der Waals surface area contributed by atoms with Crippen molar-refractivity contribution in [1.29, 1.82) is 0 Å². The first-order valence-corrected chi connectivity index (χ1v) is 10.3. The van der Waals surface area contributed by atoms with Gasteiger partial charge < -0.3 is 19.9 Å². The topological polar surface area (TPSA) is 67.8 Å². The molecule has 2 N–H and O–H groups in total. The van der Waals surface area contributed by atoms with Crippen molar-refractivity contribution in [2.45, 2.75) is 39.5 Å². The Balaban J connectivity index is 2.26. The zero-order valence-corrected chi connectivity index (χ0v) is 18.8. The predicted molar refractivity (Wildman–Crippen MR) is 114 cm³/mol. The van der Waals surface area contributed by atoms with E-state index in [0.29, 0.717) is 23.5 Å². The van der Waals surface area contributed by atoms with Crippen LogP contribution in [0.15, 0.2) is 34.8 Å². The van der Waals surface area contributed by atoms with E-state index in [0.717, 1.165) is 10.0 Å². The molecular formula is C21H24BrClFNO4. The van der Waals surface area contributed by atoms with E-state index in [1.54, 1.807) is 12.1 Å². The van der Waals surface area contributed by atoms with Gasteiger partial charge >= 0.3 is 5.97 Å². The number of ether oxygens (including phenoxy) is 2. The summed E-state index contributed by atoms with van der Waals surface area (Å²) < 4.78 is 25.4. The Kier molecular flexibility index (Phi) is 8.74. The van der Waals surface area contributed by atoms with Gasteiger partial charge in [-0.3, -0.25) is 4.79 Å². The number of carboxylic acid groups (broad SMARTS) is 1. The Hall–Kier alpha value is -1.83. The third kappa shape index (κ3) is 6.59. The SMILES string of the molecule is COc1ccc(Br)c(CNC(CC(C)C)C(=O)O)c1OCc1ccc(F)cc1Cl. The highest BCUT2D eigenvalue weighted by Crippen LogP contribution is 2.37. The van der Waals surface area contributed by atoms with Crippen LogP contribution in [0, 0.1) is 11.7 Å². The van der Waals surface area contributed by atoms with Gasteiger partial charge in [-0.2, -0.15) is 0 Å². The summed E-state index contributed by atoms with van der Waals surface area (Å²) in [5.41, 5.74) is 1.34. The lowest BCUT2D eigenvalue weighted by molar-refractivity contribution is -0.140. The van der Waals surface area contributed by atoms with Crippen molar-refractivity contribution in [3.63, 3.8) is 0 Å². The number of hydrogen-bond donors (Lipinski definition) is 2. The monoisotopic (exact) mass is 487 g/mol. The highest BCUT2D eigenvalue weighted by atomic mass is 79.9. The Labute approximate surface area is 183 Å². The molecule has 0 saturated heterocycles. The van der Waals surface area contributed by atoms with Gasteiger partial charge in [0, 0.05) is 22.1 Å². The van der Waals surface area contributed by atoms with Crippen LogP contribution >= 0.6 is 27.5 Å². The first-order valence-electron chi connectivity index (χ1n) is 9.11. The maximum absolute atomic E-state index is 13.3. The van der Waals surface area contributed by atoms with Crippen LogP contribution in [0.4, 0.5) is 4.39 Å². The molecule has 1 atom stereocenters. The van der Waals surface area contributed by atoms with Gasteiger partial charge in [-0.25, -0.2) is 4.39 Å². The lowest BCUT2D eigenvalue weighted by Crippen LogP contribution is -2.37. The van der Waals surface area contributed by atoms with Gasteiger partial charge in [0.25, 0.3) is 0 Å². The summed E-state index contributed by atoms with van der Waals surface area (Å²) in [5, 5.41) is 12.8. The predicted octanol–water partition coefficient (Wildman–Crippen LogP) is 5.42. The molecule has 158 valence electrons. The number of carbonyl (C=O) groups is 1. The van der Waals surface area contributed by atoms with Crippen molar-refractivity contribution in [2.24, 2.45) is 5.92 Å². The molecule has 2 aromatic rings. The summed E-state index contributed by atoms with van der Waals surface area (Å²) >= 11 is 9.59. The van der Waals surface area contributed by atoms with Gasteiger partial charge in [-0.1, -0.05) is 47.4 Å². The minimum absolute atomic E-state index is 0.104. The molecule has 8 heteroatoms. The second-order valence-electron chi connectivity index (χ2n) is 6.98. The number of aliphatic carboxylic acids is 1. The van der Waals surface area contributed by atoms with E-state index in [1.807, 2.05) is 19.9 Å². The Bertz CT molecular complexity index is 863. The largest absolute Gasteiger partial charge is 0.493 e. The molecule has 0 spiro atoms. The van der Waals surface area contributed by atoms with Crippen LogP contribution in [-0.2, 0) is 17.9 Å². The van der Waals surface area contributed by atoms with Gasteiger partial charge in [0.05, 0.1) is 12.1 Å². The van der Waals surface area contributed by atoms with E-state index < -0.39 is 17.8 Å². The molecule has 0 bridgehead atoms. The van der Waals surface area contributed by atoms with Crippen molar-refractivity contribution in [3.05, 3.63) is 56.8 Å². The average Bonchev–Trinajstić information content (AvgIpc) is 2.65. The Morgan fingerprint density at radius 3 is 2.62 bits per heavy atom. The molecule has 1 unspecified atom stereocenters. The van der Waals surface area contributed by atoms with Crippen LogP contribution in [0.25, 0.3) is 0 Å². The number of rotatable bonds is 10. The fraction of sp³-hybridized carbons (Fsp3) is 0.381. The van der Waals surface area contributed by atoms with Crippen LogP contribution in [-0.4, -0.2) is 24.2 Å². The Morgan fingerprint density at radius 1 is 1.31 bits per heavy atom. The van der Waals surface area contributed by atoms with E-state index in [2.05, 4.69) is 21.2 Å². The fourth-order valence-electron chi connectivity index (χ4n) is 2.82. The van der Waals surface area contributed by atoms with Crippen LogP contribution < -0.4 is 14.8 Å². The number of hydrogen-bond acceptors (Lipinski definition) is 4. The summed E-state index contributed by atoms with van der Waals surface area (Å²) in [5.74, 6) is -0.136. The van der Waals surface area contributed by atoms with E-state index in [1.165, 1.54) is 19.2 Å². The van der Waals surface area contributed by atoms with Crippen LogP contribution in [0.5, 0.6) is 11.5 Å². The van der Waals surface area contributed by atoms with Crippen LogP contribution in [0.3, 0.4) is 0 Å². The van der Waals surface area contributed by atoms with Gasteiger partial charge in [0.15, 0.2) is 11.5 Å². The second kappa shape index (κ2) is 10.8. The number of benzene rings is 2. The summed E-state index contributed by atoms with van der Waals surface area (Å²) in [6.45, 7) is 4.31. The van der Waals surface area contributed by atoms with Crippen molar-refractivity contribution in [2.75, 3.05) is 7.11 Å². The zero-order chi connectivity index (χ0) is 21.6. The normalized spacial score (nSPS) is 12.1. The zero-order valence-electron chi connectivity index (χ0n) is 16.5. The maximum atomic E-state index is 13.3. The molecule has 0 aliphatic heterocycles. The van der Waals surface area contributed by atoms with Gasteiger partial charge in [-0.05, 0) is 36.6 Å². The molecule has 0 aromatic heterocycles. The van der Waals surface area contributed by atoms with E-state index >= 15 is 0 Å². The van der Waals surface area contributed by atoms with Gasteiger partial charge in [-0.15, -0.1) is 0 Å². The lowest BCUT2D eigenvalue weighted by Gasteiger charge is -2.20. The summed E-state index contributed by atoms with van der Waals surface area (Å²) in [6, 6.07) is 6.97. The summed E-state index contributed by atoms with van der Waals surface area (Å²) in [4.78, 5) is 11.5. The van der Waals surface area contributed by atoms with Crippen LogP contribution in [0.1, 0.15) is 31.4 Å². The maximum Gasteiger partial charge on any atom is 0.320 e. The highest BCUT2D eigenvalue weighted by molar-refractivity contribution is 9.10. The van der Waals surface area contributed by atoms with Crippen molar-refractivity contribution >= 4 is 33.5 Å². The molecule has 0 saturated carbocycles. The second-order valence-corrected chi connectivity index (χ2v) is 8.24. The minimum atomic E-state index is -0.904. The summed E-state index contributed by atoms with van der Waals surface area (Å²) in [6.07, 6.45) is 0.498. The molecule has 2 rings (SSSR count). The van der Waals surface area contributed by atoms with E-state index in [9.17, 15) is 14.3 Å². The molecular weight excluding hydrogens is 465 g/mol. The standard InChI is InChI=1S/C21H24BrClFNO4/c1-12(2)8-18(21(26)27)25-10-15-16(22)6-7-19(28-3)20(15)29-11-13-4-5-14(24)9-17(13)23/h4-7,9,12,18,25H,8,10-11H2,1-3H3,(H,26,27). The molecule has 0 amide bonds. The van der Waals surface area contributed by atoms with Crippen LogP contribution in [0.2, 0.25) is 5.02 Å². The van der Waals surface area contributed by atoms with Gasteiger partial charge in [0.2, 0.25) is 0 Å². The molecule has 0 heterocycles. The van der Waals surface area contributed by atoms with E-state index in [4.69, 9.17) is 21.1 Å². The molecule has 2 aromatic carbocycles. The lowest BCUT2D eigenvalue weighted by atomic mass is 10.0. The molecule has 29 heavy (non-hydrogen) atoms. The quantitative estimate of drug-likeness (QED) is 0.467.